The number of likely N-dealkylation sites (N-methyl/N-ethyl adjacent to an activating group) is 1. The molecule has 2 unspecified atom stereocenters. The number of nitrogens with zero attached hydrogens (tertiary/aromatic N) is 4. The molecule has 7 nitrogen and oxygen atoms in total. The van der Waals surface area contributed by atoms with Crippen LogP contribution in [-0.4, -0.2) is 59.5 Å². The SMILES string of the molecule is CCNC(=NCC(C)(O)c1cccs1)NCC(c1cnn(C)c1)N(C)C. The van der Waals surface area contributed by atoms with Crippen LogP contribution in [-0.2, 0) is 12.6 Å². The number of aliphatic hydroxyl groups is 1. The third-order valence-corrected chi connectivity index (χ3v) is 5.26. The minimum Gasteiger partial charge on any atom is -0.383 e. The molecule has 0 saturated heterocycles. The van der Waals surface area contributed by atoms with E-state index in [1.165, 1.54) is 0 Å². The van der Waals surface area contributed by atoms with Crippen LogP contribution in [0.15, 0.2) is 34.9 Å². The first-order valence-corrected chi connectivity index (χ1v) is 9.65. The Morgan fingerprint density at radius 2 is 2.23 bits per heavy atom. The van der Waals surface area contributed by atoms with E-state index >= 15 is 0 Å². The largest absolute Gasteiger partial charge is 0.383 e. The first-order chi connectivity index (χ1) is 12.3. The van der Waals surface area contributed by atoms with Crippen molar-refractivity contribution in [3.63, 3.8) is 0 Å². The number of aromatic nitrogens is 2. The fraction of sp³-hybridized carbons (Fsp3) is 0.556. The van der Waals surface area contributed by atoms with Gasteiger partial charge in [0.05, 0.1) is 18.8 Å². The lowest BCUT2D eigenvalue weighted by molar-refractivity contribution is 0.0711. The van der Waals surface area contributed by atoms with Crippen molar-refractivity contribution in [2.45, 2.75) is 25.5 Å². The Kier molecular flexibility index (Phi) is 7.19. The smallest absolute Gasteiger partial charge is 0.191 e. The molecule has 0 bridgehead atoms. The van der Waals surface area contributed by atoms with Crippen molar-refractivity contribution in [3.05, 3.63) is 40.3 Å². The summed E-state index contributed by atoms with van der Waals surface area (Å²) in [7, 11) is 6.01. The van der Waals surface area contributed by atoms with Gasteiger partial charge in [0.25, 0.3) is 0 Å². The minimum absolute atomic E-state index is 0.172. The van der Waals surface area contributed by atoms with Crippen LogP contribution in [0.3, 0.4) is 0 Å². The van der Waals surface area contributed by atoms with Crippen molar-refractivity contribution >= 4 is 17.3 Å². The molecule has 0 fully saturated rings. The molecule has 0 aromatic carbocycles. The number of hydrogen-bond acceptors (Lipinski definition) is 5. The van der Waals surface area contributed by atoms with Crippen molar-refractivity contribution < 1.29 is 5.11 Å². The molecule has 2 rings (SSSR count). The van der Waals surface area contributed by atoms with Gasteiger partial charge < -0.3 is 20.6 Å². The molecule has 2 atom stereocenters. The Hall–Kier alpha value is -1.90. The predicted octanol–water partition coefficient (Wildman–Crippen LogP) is 1.55. The summed E-state index contributed by atoms with van der Waals surface area (Å²) in [5, 5.41) is 23.5. The Bertz CT molecular complexity index is 692. The van der Waals surface area contributed by atoms with Gasteiger partial charge in [0, 0.05) is 36.8 Å². The highest BCUT2D eigenvalue weighted by molar-refractivity contribution is 7.10. The van der Waals surface area contributed by atoms with Gasteiger partial charge in [-0.1, -0.05) is 6.07 Å². The number of nitrogens with one attached hydrogen (secondary N) is 2. The quantitative estimate of drug-likeness (QED) is 0.480. The third-order valence-electron chi connectivity index (χ3n) is 4.14. The average Bonchev–Trinajstić information content (AvgIpc) is 3.24. The number of guanidine groups is 1. The maximum absolute atomic E-state index is 10.7. The summed E-state index contributed by atoms with van der Waals surface area (Å²) in [6, 6.07) is 4.05. The molecule has 3 N–H and O–H groups in total. The predicted molar refractivity (Wildman–Crippen MR) is 108 cm³/mol. The normalized spacial score (nSPS) is 15.7. The number of hydrogen-bond donors (Lipinski definition) is 3. The summed E-state index contributed by atoms with van der Waals surface area (Å²) in [6.45, 7) is 5.56. The zero-order valence-electron chi connectivity index (χ0n) is 16.2. The molecular formula is C18H30N6OS. The van der Waals surface area contributed by atoms with Gasteiger partial charge in [-0.05, 0) is 39.4 Å². The van der Waals surface area contributed by atoms with Crippen LogP contribution >= 0.6 is 11.3 Å². The third kappa shape index (κ3) is 5.55. The second kappa shape index (κ2) is 9.16. The van der Waals surface area contributed by atoms with Crippen LogP contribution < -0.4 is 10.6 Å². The topological polar surface area (TPSA) is 77.7 Å². The maximum atomic E-state index is 10.7. The van der Waals surface area contributed by atoms with Crippen LogP contribution in [0, 0.1) is 0 Å². The van der Waals surface area contributed by atoms with Crippen LogP contribution in [0.25, 0.3) is 0 Å². The van der Waals surface area contributed by atoms with Gasteiger partial charge in [0.1, 0.15) is 5.60 Å². The molecule has 8 heteroatoms. The first-order valence-electron chi connectivity index (χ1n) is 8.77. The summed E-state index contributed by atoms with van der Waals surface area (Å²) in [5.41, 5.74) is 0.173. The highest BCUT2D eigenvalue weighted by Gasteiger charge is 2.24. The number of rotatable bonds is 8. The highest BCUT2D eigenvalue weighted by atomic mass is 32.1. The molecular weight excluding hydrogens is 348 g/mol. The van der Waals surface area contributed by atoms with Gasteiger partial charge in [-0.2, -0.15) is 5.10 Å². The number of thiophene rings is 1. The zero-order valence-corrected chi connectivity index (χ0v) is 17.0. The van der Waals surface area contributed by atoms with Crippen LogP contribution in [0.5, 0.6) is 0 Å². The van der Waals surface area contributed by atoms with Crippen molar-refractivity contribution in [1.82, 2.24) is 25.3 Å². The maximum Gasteiger partial charge on any atom is 0.191 e. The van der Waals surface area contributed by atoms with Gasteiger partial charge in [-0.3, -0.25) is 4.68 Å². The van der Waals surface area contributed by atoms with Crippen LogP contribution in [0.2, 0.25) is 0 Å². The molecule has 26 heavy (non-hydrogen) atoms. The minimum atomic E-state index is -0.971. The van der Waals surface area contributed by atoms with Gasteiger partial charge in [-0.25, -0.2) is 4.99 Å². The molecule has 2 heterocycles. The Morgan fingerprint density at radius 1 is 1.46 bits per heavy atom. The molecule has 2 aromatic heterocycles. The summed E-state index contributed by atoms with van der Waals surface area (Å²) >= 11 is 1.54. The fourth-order valence-corrected chi connectivity index (χ4v) is 3.42. The average molecular weight is 379 g/mol. The number of aryl methyl sites for hydroxylation is 1. The molecule has 2 aromatic rings. The molecule has 0 aliphatic carbocycles. The van der Waals surface area contributed by atoms with E-state index in [1.807, 2.05) is 62.7 Å². The van der Waals surface area contributed by atoms with E-state index in [-0.39, 0.29) is 6.04 Å². The monoisotopic (exact) mass is 378 g/mol. The first kappa shape index (κ1) is 20.4. The lowest BCUT2D eigenvalue weighted by Crippen LogP contribution is -2.42. The Balaban J connectivity index is 2.04. The van der Waals surface area contributed by atoms with Gasteiger partial charge in [-0.15, -0.1) is 11.3 Å². The second-order valence-corrected chi connectivity index (χ2v) is 7.70. The van der Waals surface area contributed by atoms with Gasteiger partial charge in [0.2, 0.25) is 0 Å². The zero-order chi connectivity index (χ0) is 19.2. The van der Waals surface area contributed by atoms with E-state index < -0.39 is 5.60 Å². The molecule has 0 aliphatic heterocycles. The van der Waals surface area contributed by atoms with E-state index in [0.717, 1.165) is 17.0 Å². The fourth-order valence-electron chi connectivity index (χ4n) is 2.64. The summed E-state index contributed by atoms with van der Waals surface area (Å²) < 4.78 is 1.81. The van der Waals surface area contributed by atoms with Gasteiger partial charge >= 0.3 is 0 Å². The van der Waals surface area contributed by atoms with Crippen molar-refractivity contribution in [2.24, 2.45) is 12.0 Å². The summed E-state index contributed by atoms with van der Waals surface area (Å²) in [5.74, 6) is 0.695. The molecule has 0 amide bonds. The van der Waals surface area contributed by atoms with Crippen molar-refractivity contribution in [2.75, 3.05) is 33.7 Å². The molecule has 0 aliphatic rings. The molecule has 0 saturated carbocycles. The molecule has 144 valence electrons. The van der Waals surface area contributed by atoms with Crippen molar-refractivity contribution in [1.29, 1.82) is 0 Å². The van der Waals surface area contributed by atoms with Crippen LogP contribution in [0.4, 0.5) is 0 Å². The van der Waals surface area contributed by atoms with Crippen LogP contribution in [0.1, 0.15) is 30.3 Å². The highest BCUT2D eigenvalue weighted by Crippen LogP contribution is 2.25. The molecule has 0 radical (unpaired) electrons. The summed E-state index contributed by atoms with van der Waals surface area (Å²) in [4.78, 5) is 7.65. The van der Waals surface area contributed by atoms with E-state index in [1.54, 1.807) is 18.3 Å². The van der Waals surface area contributed by atoms with E-state index in [4.69, 9.17) is 0 Å². The summed E-state index contributed by atoms with van der Waals surface area (Å²) in [6.07, 6.45) is 3.91. The van der Waals surface area contributed by atoms with Gasteiger partial charge in [0.15, 0.2) is 5.96 Å². The van der Waals surface area contributed by atoms with E-state index in [9.17, 15) is 5.11 Å². The standard InChI is InChI=1S/C18H30N6OS/c1-6-19-17(21-13-18(2,25)16-8-7-9-26-16)20-11-15(23(3)4)14-10-22-24(5)12-14/h7-10,12,15,25H,6,11,13H2,1-5H3,(H2,19,20,21). The van der Waals surface area contributed by atoms with Crippen molar-refractivity contribution in [3.8, 4) is 0 Å². The molecule has 0 spiro atoms. The van der Waals surface area contributed by atoms with E-state index in [2.05, 4.69) is 25.6 Å². The lowest BCUT2D eigenvalue weighted by Gasteiger charge is -2.25. The van der Waals surface area contributed by atoms with E-state index in [0.29, 0.717) is 19.0 Å². The Labute approximate surface area is 159 Å². The lowest BCUT2D eigenvalue weighted by atomic mass is 10.1. The number of aliphatic imine (C=N–C) groups is 1. The Morgan fingerprint density at radius 3 is 2.77 bits per heavy atom. The second-order valence-electron chi connectivity index (χ2n) is 6.75.